The predicted octanol–water partition coefficient (Wildman–Crippen LogP) is 2.30. The minimum atomic E-state index is 0.0787. The topological polar surface area (TPSA) is 58.4 Å². The van der Waals surface area contributed by atoms with E-state index in [0.717, 1.165) is 29.4 Å². The summed E-state index contributed by atoms with van der Waals surface area (Å²) in [6, 6.07) is 4.60. The summed E-state index contributed by atoms with van der Waals surface area (Å²) >= 11 is 1.51. The zero-order chi connectivity index (χ0) is 14.9. The molecule has 0 radical (unpaired) electrons. The van der Waals surface area contributed by atoms with Gasteiger partial charge in [0.2, 0.25) is 5.91 Å². The van der Waals surface area contributed by atoms with Gasteiger partial charge in [-0.15, -0.1) is 11.3 Å². The molecule has 1 N–H and O–H groups in total. The van der Waals surface area contributed by atoms with Crippen LogP contribution in [0.5, 0.6) is 0 Å². The summed E-state index contributed by atoms with van der Waals surface area (Å²) in [7, 11) is 0. The summed E-state index contributed by atoms with van der Waals surface area (Å²) in [6.45, 7) is 2.31. The van der Waals surface area contributed by atoms with Crippen LogP contribution in [0.25, 0.3) is 10.8 Å². The monoisotopic (exact) mass is 317 g/mol. The predicted molar refractivity (Wildman–Crippen MR) is 84.7 cm³/mol. The third kappa shape index (κ3) is 2.68. The van der Waals surface area contributed by atoms with Crippen LogP contribution in [-0.4, -0.2) is 41.0 Å². The van der Waals surface area contributed by atoms with Crippen LogP contribution in [0.2, 0.25) is 0 Å². The maximum atomic E-state index is 12.3. The van der Waals surface area contributed by atoms with E-state index in [-0.39, 0.29) is 5.91 Å². The van der Waals surface area contributed by atoms with Crippen LogP contribution in [-0.2, 0) is 11.2 Å². The van der Waals surface area contributed by atoms with Crippen LogP contribution >= 0.6 is 11.3 Å². The van der Waals surface area contributed by atoms with Crippen molar-refractivity contribution < 1.29 is 9.21 Å². The van der Waals surface area contributed by atoms with Gasteiger partial charge >= 0.3 is 0 Å². The van der Waals surface area contributed by atoms with Crippen molar-refractivity contribution in [2.45, 2.75) is 37.8 Å². The summed E-state index contributed by atoms with van der Waals surface area (Å²) in [5.74, 6) is 0.837. The van der Waals surface area contributed by atoms with E-state index in [2.05, 4.69) is 15.2 Å². The molecule has 0 aliphatic carbocycles. The molecule has 4 heterocycles. The maximum Gasteiger partial charge on any atom is 0.226 e. The summed E-state index contributed by atoms with van der Waals surface area (Å²) in [6.07, 6.45) is 5.53. The second kappa shape index (κ2) is 5.85. The Labute approximate surface area is 133 Å². The van der Waals surface area contributed by atoms with Gasteiger partial charge in [0.05, 0.1) is 18.4 Å². The van der Waals surface area contributed by atoms with Crippen LogP contribution in [0.3, 0.4) is 0 Å². The highest BCUT2D eigenvalue weighted by Crippen LogP contribution is 2.28. The fourth-order valence-electron chi connectivity index (χ4n) is 3.57. The molecule has 0 aromatic carbocycles. The highest BCUT2D eigenvalue weighted by Gasteiger charge is 2.37. The lowest BCUT2D eigenvalue weighted by molar-refractivity contribution is -0.121. The zero-order valence-corrected chi connectivity index (χ0v) is 13.1. The molecule has 116 valence electrons. The molecule has 0 unspecified atom stereocenters. The Balaban J connectivity index is 1.36. The minimum Gasteiger partial charge on any atom is -0.462 e. The normalized spacial score (nSPS) is 24.5. The molecule has 0 spiro atoms. The van der Waals surface area contributed by atoms with E-state index in [1.54, 1.807) is 6.26 Å². The third-order valence-electron chi connectivity index (χ3n) is 4.58. The SMILES string of the molecule is O=C(Cc1csc(-c2ccco2)n1)N[C@@H]1CCN2CCC[C@@H]12. The smallest absolute Gasteiger partial charge is 0.226 e. The number of hydrogen-bond acceptors (Lipinski definition) is 5. The molecule has 2 aliphatic heterocycles. The van der Waals surface area contributed by atoms with Gasteiger partial charge in [-0.05, 0) is 37.9 Å². The number of hydrogen-bond donors (Lipinski definition) is 1. The lowest BCUT2D eigenvalue weighted by atomic mass is 10.1. The number of aromatic nitrogens is 1. The molecule has 5 nitrogen and oxygen atoms in total. The largest absolute Gasteiger partial charge is 0.462 e. The Bertz CT molecular complexity index is 652. The first-order chi connectivity index (χ1) is 10.8. The number of nitrogens with zero attached hydrogens (tertiary/aromatic N) is 2. The van der Waals surface area contributed by atoms with Crippen molar-refractivity contribution >= 4 is 17.2 Å². The van der Waals surface area contributed by atoms with E-state index in [4.69, 9.17) is 4.42 Å². The summed E-state index contributed by atoms with van der Waals surface area (Å²) in [4.78, 5) is 19.3. The first-order valence-corrected chi connectivity index (χ1v) is 8.69. The van der Waals surface area contributed by atoms with E-state index in [1.165, 1.54) is 30.7 Å². The highest BCUT2D eigenvalue weighted by atomic mass is 32.1. The van der Waals surface area contributed by atoms with Crippen LogP contribution < -0.4 is 5.32 Å². The number of rotatable bonds is 4. The second-order valence-corrected chi connectivity index (χ2v) is 6.86. The van der Waals surface area contributed by atoms with Gasteiger partial charge in [-0.2, -0.15) is 0 Å². The molecule has 2 aliphatic rings. The molecular weight excluding hydrogens is 298 g/mol. The van der Waals surface area contributed by atoms with Crippen molar-refractivity contribution in [1.82, 2.24) is 15.2 Å². The van der Waals surface area contributed by atoms with Crippen molar-refractivity contribution in [1.29, 1.82) is 0 Å². The molecule has 2 fully saturated rings. The van der Waals surface area contributed by atoms with Gasteiger partial charge in [-0.25, -0.2) is 4.98 Å². The average molecular weight is 317 g/mol. The van der Waals surface area contributed by atoms with Crippen molar-refractivity contribution in [2.75, 3.05) is 13.1 Å². The van der Waals surface area contributed by atoms with Gasteiger partial charge < -0.3 is 9.73 Å². The molecule has 6 heteroatoms. The number of nitrogens with one attached hydrogen (secondary N) is 1. The number of thiazole rings is 1. The molecular formula is C16H19N3O2S. The Morgan fingerprint density at radius 3 is 3.27 bits per heavy atom. The number of fused-ring (bicyclic) bond motifs is 1. The van der Waals surface area contributed by atoms with Gasteiger partial charge in [-0.1, -0.05) is 0 Å². The second-order valence-electron chi connectivity index (χ2n) is 6.01. The fourth-order valence-corrected chi connectivity index (χ4v) is 4.36. The Hall–Kier alpha value is -1.66. The Morgan fingerprint density at radius 1 is 1.45 bits per heavy atom. The first kappa shape index (κ1) is 14.0. The summed E-state index contributed by atoms with van der Waals surface area (Å²) in [5, 5.41) is 5.97. The molecule has 0 bridgehead atoms. The molecule has 0 saturated carbocycles. The molecule has 2 aromatic heterocycles. The standard InChI is InChI=1S/C16H19N3O2S/c20-15(18-12-5-7-19-6-1-3-13(12)19)9-11-10-22-16(17-11)14-4-2-8-21-14/h2,4,8,10,12-13H,1,3,5-7,9H2,(H,18,20)/t12-,13+/m1/s1. The van der Waals surface area contributed by atoms with Gasteiger partial charge in [0.1, 0.15) is 0 Å². The van der Waals surface area contributed by atoms with E-state index in [9.17, 15) is 4.79 Å². The number of furan rings is 1. The van der Waals surface area contributed by atoms with Crippen LogP contribution in [0, 0.1) is 0 Å². The molecule has 2 atom stereocenters. The van der Waals surface area contributed by atoms with Gasteiger partial charge in [0.25, 0.3) is 0 Å². The summed E-state index contributed by atoms with van der Waals surface area (Å²) in [5.41, 5.74) is 0.815. The minimum absolute atomic E-state index is 0.0787. The van der Waals surface area contributed by atoms with Gasteiger partial charge in [-0.3, -0.25) is 9.69 Å². The van der Waals surface area contributed by atoms with E-state index >= 15 is 0 Å². The molecule has 2 aromatic rings. The van der Waals surface area contributed by atoms with E-state index in [0.29, 0.717) is 18.5 Å². The molecule has 22 heavy (non-hydrogen) atoms. The van der Waals surface area contributed by atoms with Gasteiger partial charge in [0.15, 0.2) is 10.8 Å². The number of carbonyl (C=O) groups excluding carboxylic acids is 1. The quantitative estimate of drug-likeness (QED) is 0.940. The van der Waals surface area contributed by atoms with Crippen LogP contribution in [0.4, 0.5) is 0 Å². The molecule has 1 amide bonds. The number of carbonyl (C=O) groups is 1. The van der Waals surface area contributed by atoms with Crippen molar-refractivity contribution in [3.8, 4) is 10.8 Å². The van der Waals surface area contributed by atoms with E-state index in [1.807, 2.05) is 17.5 Å². The average Bonchev–Trinajstić information content (AvgIpc) is 3.24. The Morgan fingerprint density at radius 2 is 2.41 bits per heavy atom. The van der Waals surface area contributed by atoms with Crippen LogP contribution in [0.15, 0.2) is 28.2 Å². The third-order valence-corrected chi connectivity index (χ3v) is 5.48. The fraction of sp³-hybridized carbons (Fsp3) is 0.500. The molecule has 4 rings (SSSR count). The lowest BCUT2D eigenvalue weighted by Gasteiger charge is -2.21. The zero-order valence-electron chi connectivity index (χ0n) is 12.3. The van der Waals surface area contributed by atoms with Crippen molar-refractivity contribution in [3.63, 3.8) is 0 Å². The molecule has 2 saturated heterocycles. The Kier molecular flexibility index (Phi) is 3.72. The lowest BCUT2D eigenvalue weighted by Crippen LogP contribution is -2.42. The van der Waals surface area contributed by atoms with Crippen molar-refractivity contribution in [3.05, 3.63) is 29.5 Å². The van der Waals surface area contributed by atoms with Crippen LogP contribution in [0.1, 0.15) is 25.0 Å². The van der Waals surface area contributed by atoms with Crippen molar-refractivity contribution in [2.24, 2.45) is 0 Å². The van der Waals surface area contributed by atoms with E-state index < -0.39 is 0 Å². The summed E-state index contributed by atoms with van der Waals surface area (Å²) < 4.78 is 5.33. The number of amides is 1. The van der Waals surface area contributed by atoms with Gasteiger partial charge in [0, 0.05) is 24.0 Å². The maximum absolute atomic E-state index is 12.3. The first-order valence-electron chi connectivity index (χ1n) is 7.81. The highest BCUT2D eigenvalue weighted by molar-refractivity contribution is 7.13.